The molecule has 0 saturated heterocycles. The van der Waals surface area contributed by atoms with E-state index in [1.54, 1.807) is 6.07 Å². The number of nitrogens with zero attached hydrogens (tertiary/aromatic N) is 1. The van der Waals surface area contributed by atoms with E-state index in [-0.39, 0.29) is 0 Å². The number of anilines is 1. The number of hydrazone groups is 1. The smallest absolute Gasteiger partial charge is 0.279 e. The molecular formula is C15H13F3N2. The van der Waals surface area contributed by atoms with Gasteiger partial charge in [0.05, 0.1) is 17.5 Å². The van der Waals surface area contributed by atoms with Crippen molar-refractivity contribution in [2.75, 3.05) is 5.43 Å². The highest BCUT2D eigenvalue weighted by Gasteiger charge is 2.30. The average molecular weight is 278 g/mol. The van der Waals surface area contributed by atoms with Gasteiger partial charge in [-0.3, -0.25) is 5.43 Å². The maximum Gasteiger partial charge on any atom is 0.416 e. The van der Waals surface area contributed by atoms with Gasteiger partial charge in [-0.1, -0.05) is 29.8 Å². The van der Waals surface area contributed by atoms with E-state index < -0.39 is 11.7 Å². The van der Waals surface area contributed by atoms with Crippen molar-refractivity contribution < 1.29 is 13.2 Å². The minimum Gasteiger partial charge on any atom is -0.279 e. The van der Waals surface area contributed by atoms with Crippen LogP contribution in [0.2, 0.25) is 0 Å². The molecule has 0 amide bonds. The lowest BCUT2D eigenvalue weighted by molar-refractivity contribution is -0.137. The Kier molecular flexibility index (Phi) is 4.08. The zero-order valence-corrected chi connectivity index (χ0v) is 10.8. The molecule has 0 saturated carbocycles. The Balaban J connectivity index is 2.06. The van der Waals surface area contributed by atoms with E-state index in [1.807, 2.05) is 31.2 Å². The van der Waals surface area contributed by atoms with Gasteiger partial charge < -0.3 is 0 Å². The molecule has 20 heavy (non-hydrogen) atoms. The van der Waals surface area contributed by atoms with E-state index in [2.05, 4.69) is 10.5 Å². The molecule has 0 radical (unpaired) electrons. The summed E-state index contributed by atoms with van der Waals surface area (Å²) in [5, 5.41) is 3.92. The van der Waals surface area contributed by atoms with E-state index in [4.69, 9.17) is 0 Å². The van der Waals surface area contributed by atoms with E-state index in [0.717, 1.165) is 23.4 Å². The van der Waals surface area contributed by atoms with Crippen LogP contribution in [0.15, 0.2) is 53.6 Å². The van der Waals surface area contributed by atoms with Crippen LogP contribution in [-0.2, 0) is 6.18 Å². The lowest BCUT2D eigenvalue weighted by Crippen LogP contribution is -2.05. The highest BCUT2D eigenvalue weighted by Crippen LogP contribution is 2.29. The lowest BCUT2D eigenvalue weighted by Gasteiger charge is -2.06. The van der Waals surface area contributed by atoms with Crippen molar-refractivity contribution in [2.24, 2.45) is 5.10 Å². The van der Waals surface area contributed by atoms with Gasteiger partial charge in [0.25, 0.3) is 0 Å². The largest absolute Gasteiger partial charge is 0.416 e. The second-order valence-corrected chi connectivity index (χ2v) is 4.36. The van der Waals surface area contributed by atoms with Gasteiger partial charge >= 0.3 is 6.18 Å². The maximum absolute atomic E-state index is 12.5. The fraction of sp³-hybridized carbons (Fsp3) is 0.133. The minimum absolute atomic E-state index is 0.388. The topological polar surface area (TPSA) is 24.4 Å². The summed E-state index contributed by atoms with van der Waals surface area (Å²) < 4.78 is 37.6. The van der Waals surface area contributed by atoms with E-state index >= 15 is 0 Å². The number of halogens is 3. The summed E-state index contributed by atoms with van der Waals surface area (Å²) in [4.78, 5) is 0. The van der Waals surface area contributed by atoms with Crippen molar-refractivity contribution in [2.45, 2.75) is 13.1 Å². The predicted molar refractivity (Wildman–Crippen MR) is 73.8 cm³/mol. The Labute approximate surface area is 114 Å². The molecule has 0 spiro atoms. The first-order valence-electron chi connectivity index (χ1n) is 5.98. The quantitative estimate of drug-likeness (QED) is 0.650. The van der Waals surface area contributed by atoms with Gasteiger partial charge in [0, 0.05) is 0 Å². The van der Waals surface area contributed by atoms with Gasteiger partial charge in [-0.05, 0) is 36.8 Å². The Morgan fingerprint density at radius 1 is 1.05 bits per heavy atom. The molecule has 104 valence electrons. The number of hydrogen-bond donors (Lipinski definition) is 1. The van der Waals surface area contributed by atoms with Gasteiger partial charge in [0.1, 0.15) is 0 Å². The molecule has 2 nitrogen and oxygen atoms in total. The van der Waals surface area contributed by atoms with Crippen molar-refractivity contribution >= 4 is 11.9 Å². The normalized spacial score (nSPS) is 11.8. The van der Waals surface area contributed by atoms with Crippen molar-refractivity contribution in [1.82, 2.24) is 0 Å². The van der Waals surface area contributed by atoms with Crippen molar-refractivity contribution in [3.05, 3.63) is 65.2 Å². The SMILES string of the molecule is Cc1ccc(N/N=C\c2cccc(C(F)(F)F)c2)cc1. The maximum atomic E-state index is 12.5. The van der Waals surface area contributed by atoms with Gasteiger partial charge in [-0.2, -0.15) is 18.3 Å². The first kappa shape index (κ1) is 14.1. The molecular weight excluding hydrogens is 265 g/mol. The summed E-state index contributed by atoms with van der Waals surface area (Å²) in [5.41, 5.74) is 4.37. The summed E-state index contributed by atoms with van der Waals surface area (Å²) in [6.45, 7) is 1.97. The Bertz CT molecular complexity index is 601. The van der Waals surface area contributed by atoms with E-state index in [0.29, 0.717) is 5.56 Å². The molecule has 0 unspecified atom stereocenters. The van der Waals surface area contributed by atoms with Crippen LogP contribution in [0.1, 0.15) is 16.7 Å². The highest BCUT2D eigenvalue weighted by molar-refractivity contribution is 5.80. The van der Waals surface area contributed by atoms with Crippen LogP contribution in [0.25, 0.3) is 0 Å². The second-order valence-electron chi connectivity index (χ2n) is 4.36. The molecule has 0 aliphatic heterocycles. The first-order valence-corrected chi connectivity index (χ1v) is 5.98. The van der Waals surface area contributed by atoms with E-state index in [1.165, 1.54) is 12.3 Å². The molecule has 2 aromatic carbocycles. The van der Waals surface area contributed by atoms with Crippen molar-refractivity contribution in [3.8, 4) is 0 Å². The second kappa shape index (κ2) is 5.77. The number of benzene rings is 2. The number of hydrogen-bond acceptors (Lipinski definition) is 2. The standard InChI is InChI=1S/C15H13F3N2/c1-11-5-7-14(8-6-11)20-19-10-12-3-2-4-13(9-12)15(16,17)18/h2-10,20H,1H3/b19-10-. The third-order valence-corrected chi connectivity index (χ3v) is 2.67. The molecule has 5 heteroatoms. The third-order valence-electron chi connectivity index (χ3n) is 2.67. The number of rotatable bonds is 3. The fourth-order valence-electron chi connectivity index (χ4n) is 1.60. The molecule has 2 rings (SSSR count). The van der Waals surface area contributed by atoms with Crippen LogP contribution in [0, 0.1) is 6.92 Å². The van der Waals surface area contributed by atoms with Crippen LogP contribution < -0.4 is 5.43 Å². The van der Waals surface area contributed by atoms with Crippen molar-refractivity contribution in [1.29, 1.82) is 0 Å². The minimum atomic E-state index is -4.34. The molecule has 0 aromatic heterocycles. The summed E-state index contributed by atoms with van der Waals surface area (Å²) in [6, 6.07) is 12.5. The van der Waals surface area contributed by atoms with Gasteiger partial charge in [0.15, 0.2) is 0 Å². The average Bonchev–Trinajstić information content (AvgIpc) is 2.40. The van der Waals surface area contributed by atoms with Crippen LogP contribution in [0.3, 0.4) is 0 Å². The monoisotopic (exact) mass is 278 g/mol. The first-order chi connectivity index (χ1) is 9.45. The zero-order valence-electron chi connectivity index (χ0n) is 10.8. The molecule has 0 bridgehead atoms. The predicted octanol–water partition coefficient (Wildman–Crippen LogP) is 4.46. The third kappa shape index (κ3) is 3.85. The molecule has 0 heterocycles. The number of aryl methyl sites for hydroxylation is 1. The van der Waals surface area contributed by atoms with Crippen LogP contribution >= 0.6 is 0 Å². The Morgan fingerprint density at radius 3 is 2.40 bits per heavy atom. The lowest BCUT2D eigenvalue weighted by atomic mass is 10.1. The summed E-state index contributed by atoms with van der Waals surface area (Å²) >= 11 is 0. The molecule has 0 atom stereocenters. The van der Waals surface area contributed by atoms with Gasteiger partial charge in [-0.25, -0.2) is 0 Å². The van der Waals surface area contributed by atoms with Gasteiger partial charge in [0.2, 0.25) is 0 Å². The fourth-order valence-corrected chi connectivity index (χ4v) is 1.60. The molecule has 0 aliphatic carbocycles. The molecule has 0 fully saturated rings. The van der Waals surface area contributed by atoms with E-state index in [9.17, 15) is 13.2 Å². The van der Waals surface area contributed by atoms with Crippen molar-refractivity contribution in [3.63, 3.8) is 0 Å². The number of nitrogens with one attached hydrogen (secondary N) is 1. The Morgan fingerprint density at radius 2 is 1.75 bits per heavy atom. The molecule has 1 N–H and O–H groups in total. The summed E-state index contributed by atoms with van der Waals surface area (Å²) in [7, 11) is 0. The molecule has 2 aromatic rings. The summed E-state index contributed by atoms with van der Waals surface area (Å²) in [6.07, 6.45) is -2.98. The van der Waals surface area contributed by atoms with Crippen LogP contribution in [0.5, 0.6) is 0 Å². The Hall–Kier alpha value is -2.30. The van der Waals surface area contributed by atoms with Crippen LogP contribution in [0.4, 0.5) is 18.9 Å². The molecule has 0 aliphatic rings. The number of alkyl halides is 3. The van der Waals surface area contributed by atoms with Gasteiger partial charge in [-0.15, -0.1) is 0 Å². The zero-order chi connectivity index (χ0) is 14.6. The van der Waals surface area contributed by atoms with Crippen LogP contribution in [-0.4, -0.2) is 6.21 Å². The summed E-state index contributed by atoms with van der Waals surface area (Å²) in [5.74, 6) is 0. The highest BCUT2D eigenvalue weighted by atomic mass is 19.4.